The maximum absolute atomic E-state index is 12.5. The zero-order chi connectivity index (χ0) is 18.0. The van der Waals surface area contributed by atoms with Gasteiger partial charge in [0.2, 0.25) is 0 Å². The molecule has 1 saturated heterocycles. The molecule has 0 spiro atoms. The van der Waals surface area contributed by atoms with Crippen molar-refractivity contribution in [2.45, 2.75) is 26.6 Å². The van der Waals surface area contributed by atoms with Gasteiger partial charge in [-0.25, -0.2) is 0 Å². The number of amides is 1. The van der Waals surface area contributed by atoms with Crippen molar-refractivity contribution in [3.63, 3.8) is 0 Å². The van der Waals surface area contributed by atoms with Crippen molar-refractivity contribution >= 4 is 5.91 Å². The van der Waals surface area contributed by atoms with Gasteiger partial charge in [0.1, 0.15) is 18.1 Å². The van der Waals surface area contributed by atoms with E-state index in [1.54, 1.807) is 19.1 Å². The molecule has 3 rings (SSSR count). The second kappa shape index (κ2) is 7.15. The predicted octanol–water partition coefficient (Wildman–Crippen LogP) is 3.38. The van der Waals surface area contributed by atoms with Crippen molar-refractivity contribution < 1.29 is 19.0 Å². The fraction of sp³-hybridized carbons (Fsp3) is 0.350. The standard InChI is InChI=1S/C20H23NO4/c1-13-7-5-8-14(2)15(13)11-21-18(22)12-25-20(21)19-16(23-3)9-6-10-17(19)24-4/h5-10,20H,11-12H2,1-4H3. The van der Waals surface area contributed by atoms with Crippen LogP contribution in [0.15, 0.2) is 36.4 Å². The lowest BCUT2D eigenvalue weighted by atomic mass is 10.0. The number of rotatable bonds is 5. The highest BCUT2D eigenvalue weighted by Crippen LogP contribution is 2.41. The van der Waals surface area contributed by atoms with Gasteiger partial charge in [-0.3, -0.25) is 4.79 Å². The topological polar surface area (TPSA) is 48.0 Å². The molecular formula is C20H23NO4. The summed E-state index contributed by atoms with van der Waals surface area (Å²) in [5, 5.41) is 0. The fourth-order valence-corrected chi connectivity index (χ4v) is 3.26. The number of hydrogen-bond donors (Lipinski definition) is 0. The fourth-order valence-electron chi connectivity index (χ4n) is 3.26. The lowest BCUT2D eigenvalue weighted by Crippen LogP contribution is -2.29. The molecule has 5 heteroatoms. The second-order valence-corrected chi connectivity index (χ2v) is 6.13. The van der Waals surface area contributed by atoms with Crippen molar-refractivity contribution in [3.05, 3.63) is 58.7 Å². The van der Waals surface area contributed by atoms with E-state index in [1.165, 1.54) is 0 Å². The van der Waals surface area contributed by atoms with Gasteiger partial charge in [0, 0.05) is 6.54 Å². The molecule has 1 fully saturated rings. The van der Waals surface area contributed by atoms with Crippen LogP contribution in [0.25, 0.3) is 0 Å². The lowest BCUT2D eigenvalue weighted by Gasteiger charge is -2.27. The highest BCUT2D eigenvalue weighted by atomic mass is 16.5. The maximum Gasteiger partial charge on any atom is 0.251 e. The van der Waals surface area contributed by atoms with Gasteiger partial charge in [0.25, 0.3) is 5.91 Å². The van der Waals surface area contributed by atoms with E-state index in [-0.39, 0.29) is 12.5 Å². The molecule has 1 amide bonds. The first-order valence-corrected chi connectivity index (χ1v) is 8.24. The van der Waals surface area contributed by atoms with Crippen LogP contribution < -0.4 is 9.47 Å². The summed E-state index contributed by atoms with van der Waals surface area (Å²) in [4.78, 5) is 14.2. The van der Waals surface area contributed by atoms with Crippen LogP contribution in [0.1, 0.15) is 28.5 Å². The third-order valence-corrected chi connectivity index (χ3v) is 4.65. The van der Waals surface area contributed by atoms with Crippen molar-refractivity contribution in [1.29, 1.82) is 0 Å². The first-order valence-electron chi connectivity index (χ1n) is 8.24. The Morgan fingerprint density at radius 3 is 2.16 bits per heavy atom. The van der Waals surface area contributed by atoms with Crippen LogP contribution in [-0.4, -0.2) is 31.6 Å². The smallest absolute Gasteiger partial charge is 0.251 e. The van der Waals surface area contributed by atoms with Gasteiger partial charge in [0.15, 0.2) is 6.23 Å². The van der Waals surface area contributed by atoms with E-state index in [0.717, 1.165) is 22.3 Å². The number of nitrogens with zero attached hydrogens (tertiary/aromatic N) is 1. The summed E-state index contributed by atoms with van der Waals surface area (Å²) in [6, 6.07) is 11.7. The number of carbonyl (C=O) groups excluding carboxylic acids is 1. The highest BCUT2D eigenvalue weighted by Gasteiger charge is 2.37. The second-order valence-electron chi connectivity index (χ2n) is 6.13. The number of hydrogen-bond acceptors (Lipinski definition) is 4. The molecular weight excluding hydrogens is 318 g/mol. The molecule has 132 valence electrons. The summed E-state index contributed by atoms with van der Waals surface area (Å²) < 4.78 is 16.8. The summed E-state index contributed by atoms with van der Waals surface area (Å²) in [7, 11) is 3.20. The number of methoxy groups -OCH3 is 2. The molecule has 2 aromatic rings. The van der Waals surface area contributed by atoms with Crippen LogP contribution >= 0.6 is 0 Å². The summed E-state index contributed by atoms with van der Waals surface area (Å²) in [5.74, 6) is 1.25. The van der Waals surface area contributed by atoms with Gasteiger partial charge in [-0.15, -0.1) is 0 Å². The summed E-state index contributed by atoms with van der Waals surface area (Å²) in [6.45, 7) is 4.66. The number of benzene rings is 2. The van der Waals surface area contributed by atoms with E-state index < -0.39 is 6.23 Å². The van der Waals surface area contributed by atoms with Crippen molar-refractivity contribution in [2.24, 2.45) is 0 Å². The van der Waals surface area contributed by atoms with Crippen LogP contribution in [0.4, 0.5) is 0 Å². The van der Waals surface area contributed by atoms with E-state index in [9.17, 15) is 4.79 Å². The molecule has 5 nitrogen and oxygen atoms in total. The molecule has 2 aromatic carbocycles. The Morgan fingerprint density at radius 2 is 1.60 bits per heavy atom. The normalized spacial score (nSPS) is 17.0. The summed E-state index contributed by atoms with van der Waals surface area (Å²) in [5.41, 5.74) is 4.20. The average molecular weight is 341 g/mol. The van der Waals surface area contributed by atoms with E-state index >= 15 is 0 Å². The molecule has 0 radical (unpaired) electrons. The first kappa shape index (κ1) is 17.3. The third kappa shape index (κ3) is 3.20. The Labute approximate surface area is 148 Å². The van der Waals surface area contributed by atoms with Crippen LogP contribution in [0.2, 0.25) is 0 Å². The third-order valence-electron chi connectivity index (χ3n) is 4.65. The minimum Gasteiger partial charge on any atom is -0.496 e. The van der Waals surface area contributed by atoms with Crippen molar-refractivity contribution in [2.75, 3.05) is 20.8 Å². The Bertz CT molecular complexity index is 745. The molecule has 25 heavy (non-hydrogen) atoms. The van der Waals surface area contributed by atoms with Gasteiger partial charge in [-0.2, -0.15) is 0 Å². The molecule has 1 aliphatic heterocycles. The molecule has 1 atom stereocenters. The molecule has 1 aliphatic rings. The molecule has 0 saturated carbocycles. The van der Waals surface area contributed by atoms with Gasteiger partial charge in [-0.1, -0.05) is 24.3 Å². The van der Waals surface area contributed by atoms with Crippen LogP contribution in [0.5, 0.6) is 11.5 Å². The van der Waals surface area contributed by atoms with Crippen LogP contribution in [0, 0.1) is 13.8 Å². The maximum atomic E-state index is 12.5. The largest absolute Gasteiger partial charge is 0.496 e. The van der Waals surface area contributed by atoms with Crippen LogP contribution in [-0.2, 0) is 16.1 Å². The first-order chi connectivity index (χ1) is 12.1. The molecule has 0 aromatic heterocycles. The number of carbonyl (C=O) groups is 1. The Hall–Kier alpha value is -2.53. The SMILES string of the molecule is COc1cccc(OC)c1C1OCC(=O)N1Cc1c(C)cccc1C. The molecule has 0 bridgehead atoms. The van der Waals surface area contributed by atoms with Gasteiger partial charge < -0.3 is 19.1 Å². The zero-order valence-corrected chi connectivity index (χ0v) is 15.0. The minimum atomic E-state index is -0.530. The molecule has 1 heterocycles. The minimum absolute atomic E-state index is 0.0411. The Morgan fingerprint density at radius 1 is 1.04 bits per heavy atom. The van der Waals surface area contributed by atoms with E-state index in [1.807, 2.05) is 24.3 Å². The number of aryl methyl sites for hydroxylation is 2. The molecule has 0 aliphatic carbocycles. The van der Waals surface area contributed by atoms with Crippen molar-refractivity contribution in [1.82, 2.24) is 4.90 Å². The predicted molar refractivity (Wildman–Crippen MR) is 94.7 cm³/mol. The average Bonchev–Trinajstić information content (AvgIpc) is 2.97. The molecule has 0 N–H and O–H groups in total. The van der Waals surface area contributed by atoms with Gasteiger partial charge >= 0.3 is 0 Å². The quantitative estimate of drug-likeness (QED) is 0.836. The monoisotopic (exact) mass is 341 g/mol. The van der Waals surface area contributed by atoms with E-state index in [4.69, 9.17) is 14.2 Å². The Kier molecular flexibility index (Phi) is 4.95. The van der Waals surface area contributed by atoms with E-state index in [2.05, 4.69) is 26.0 Å². The van der Waals surface area contributed by atoms with Gasteiger partial charge in [-0.05, 0) is 42.7 Å². The lowest BCUT2D eigenvalue weighted by molar-refractivity contribution is -0.128. The summed E-state index contributed by atoms with van der Waals surface area (Å²) >= 11 is 0. The van der Waals surface area contributed by atoms with Crippen molar-refractivity contribution in [3.8, 4) is 11.5 Å². The number of ether oxygens (including phenoxy) is 3. The highest BCUT2D eigenvalue weighted by molar-refractivity contribution is 5.80. The summed E-state index contributed by atoms with van der Waals surface area (Å²) in [6.07, 6.45) is -0.530. The van der Waals surface area contributed by atoms with Crippen LogP contribution in [0.3, 0.4) is 0 Å². The van der Waals surface area contributed by atoms with Gasteiger partial charge in [0.05, 0.1) is 19.8 Å². The zero-order valence-electron chi connectivity index (χ0n) is 15.0. The molecule has 1 unspecified atom stereocenters. The van der Waals surface area contributed by atoms with E-state index in [0.29, 0.717) is 18.0 Å². The Balaban J connectivity index is 2.01.